The normalized spacial score (nSPS) is 11.9. The molecule has 7 nitrogen and oxygen atoms in total. The first-order valence-corrected chi connectivity index (χ1v) is 6.48. The summed E-state index contributed by atoms with van der Waals surface area (Å²) in [5.41, 5.74) is 1.46. The van der Waals surface area contributed by atoms with Crippen molar-refractivity contribution in [1.29, 1.82) is 0 Å². The number of rotatable bonds is 5. The Morgan fingerprint density at radius 3 is 2.81 bits per heavy atom. The minimum atomic E-state index is -1.13. The number of amides is 1. The summed E-state index contributed by atoms with van der Waals surface area (Å²) in [6, 6.07) is 1.86. The van der Waals surface area contributed by atoms with Crippen LogP contribution in [0.3, 0.4) is 0 Å². The van der Waals surface area contributed by atoms with Crippen LogP contribution in [0.1, 0.15) is 21.7 Å². The molecule has 0 aromatic carbocycles. The third-order valence-corrected chi connectivity index (χ3v) is 2.96. The highest BCUT2D eigenvalue weighted by atomic mass is 35.5. The van der Waals surface area contributed by atoms with Crippen molar-refractivity contribution in [1.82, 2.24) is 20.3 Å². The predicted octanol–water partition coefficient (Wildman–Crippen LogP) is 1.19. The van der Waals surface area contributed by atoms with Gasteiger partial charge in [0.05, 0.1) is 6.33 Å². The van der Waals surface area contributed by atoms with E-state index in [0.29, 0.717) is 11.4 Å². The van der Waals surface area contributed by atoms with Crippen LogP contribution in [0.25, 0.3) is 0 Å². The molecule has 2 heterocycles. The molecule has 0 saturated heterocycles. The van der Waals surface area contributed by atoms with Gasteiger partial charge in [-0.15, -0.1) is 0 Å². The molecular formula is C13H13ClN4O3. The number of imidazole rings is 1. The Bertz CT molecular complexity index is 637. The van der Waals surface area contributed by atoms with E-state index in [2.05, 4.69) is 20.3 Å². The van der Waals surface area contributed by atoms with Crippen molar-refractivity contribution in [3.8, 4) is 0 Å². The second-order valence-electron chi connectivity index (χ2n) is 4.47. The lowest BCUT2D eigenvalue weighted by Gasteiger charge is -2.14. The van der Waals surface area contributed by atoms with Crippen LogP contribution in [-0.2, 0) is 11.2 Å². The maximum Gasteiger partial charge on any atom is 0.326 e. The number of aromatic nitrogens is 3. The minimum Gasteiger partial charge on any atom is -0.480 e. The van der Waals surface area contributed by atoms with Gasteiger partial charge < -0.3 is 15.4 Å². The van der Waals surface area contributed by atoms with Gasteiger partial charge in [0.1, 0.15) is 11.2 Å². The zero-order valence-electron chi connectivity index (χ0n) is 11.1. The van der Waals surface area contributed by atoms with Gasteiger partial charge in [0.2, 0.25) is 0 Å². The fourth-order valence-corrected chi connectivity index (χ4v) is 2.07. The Balaban J connectivity index is 2.12. The number of H-pyrrole nitrogens is 1. The second-order valence-corrected chi connectivity index (χ2v) is 4.85. The van der Waals surface area contributed by atoms with Gasteiger partial charge in [-0.3, -0.25) is 4.79 Å². The largest absolute Gasteiger partial charge is 0.480 e. The van der Waals surface area contributed by atoms with Gasteiger partial charge in [-0.25, -0.2) is 14.8 Å². The molecule has 1 atom stereocenters. The third-order valence-electron chi connectivity index (χ3n) is 2.77. The summed E-state index contributed by atoms with van der Waals surface area (Å²) in [5.74, 6) is -1.65. The number of aromatic amines is 1. The van der Waals surface area contributed by atoms with Gasteiger partial charge >= 0.3 is 5.97 Å². The Kier molecular flexibility index (Phi) is 4.54. The van der Waals surface area contributed by atoms with Crippen LogP contribution in [0.2, 0.25) is 5.15 Å². The van der Waals surface area contributed by atoms with Crippen molar-refractivity contribution in [3.05, 3.63) is 46.8 Å². The first kappa shape index (κ1) is 15.0. The highest BCUT2D eigenvalue weighted by Gasteiger charge is 2.22. The molecule has 0 bridgehead atoms. The molecule has 0 saturated carbocycles. The number of aliphatic carboxylic acids is 1. The van der Waals surface area contributed by atoms with Gasteiger partial charge in [-0.1, -0.05) is 11.6 Å². The molecule has 8 heteroatoms. The van der Waals surface area contributed by atoms with Crippen LogP contribution in [0.5, 0.6) is 0 Å². The zero-order chi connectivity index (χ0) is 15.4. The summed E-state index contributed by atoms with van der Waals surface area (Å²) in [6.07, 6.45) is 3.07. The van der Waals surface area contributed by atoms with E-state index in [1.54, 1.807) is 6.92 Å². The number of carbonyl (C=O) groups excluding carboxylic acids is 1. The van der Waals surface area contributed by atoms with Gasteiger partial charge in [0, 0.05) is 29.6 Å². The Hall–Kier alpha value is -2.41. The first-order valence-electron chi connectivity index (χ1n) is 6.11. The van der Waals surface area contributed by atoms with Crippen LogP contribution in [0.15, 0.2) is 24.7 Å². The fraction of sp³-hybridized carbons (Fsp3) is 0.231. The quantitative estimate of drug-likeness (QED) is 0.719. The molecule has 2 aromatic heterocycles. The summed E-state index contributed by atoms with van der Waals surface area (Å²) in [4.78, 5) is 33.9. The average molecular weight is 309 g/mol. The summed E-state index contributed by atoms with van der Waals surface area (Å²) in [7, 11) is 0. The zero-order valence-corrected chi connectivity index (χ0v) is 11.9. The molecule has 0 aliphatic heterocycles. The highest BCUT2D eigenvalue weighted by molar-refractivity contribution is 6.29. The summed E-state index contributed by atoms with van der Waals surface area (Å²) < 4.78 is 0. The van der Waals surface area contributed by atoms with E-state index >= 15 is 0 Å². The highest BCUT2D eigenvalue weighted by Crippen LogP contribution is 2.11. The van der Waals surface area contributed by atoms with Crippen molar-refractivity contribution in [3.63, 3.8) is 0 Å². The maximum absolute atomic E-state index is 12.1. The number of carbonyl (C=O) groups is 2. The Morgan fingerprint density at radius 1 is 1.48 bits per heavy atom. The van der Waals surface area contributed by atoms with Crippen molar-refractivity contribution in [2.45, 2.75) is 19.4 Å². The number of hydrogen-bond acceptors (Lipinski definition) is 4. The predicted molar refractivity (Wildman–Crippen MR) is 75.2 cm³/mol. The van der Waals surface area contributed by atoms with Gasteiger partial charge in [-0.05, 0) is 19.1 Å². The van der Waals surface area contributed by atoms with Crippen LogP contribution < -0.4 is 5.32 Å². The third kappa shape index (κ3) is 4.03. The van der Waals surface area contributed by atoms with E-state index in [4.69, 9.17) is 11.6 Å². The van der Waals surface area contributed by atoms with Crippen molar-refractivity contribution < 1.29 is 14.7 Å². The number of nitrogens with one attached hydrogen (secondary N) is 2. The van der Waals surface area contributed by atoms with Crippen LogP contribution in [-0.4, -0.2) is 38.0 Å². The molecule has 2 aromatic rings. The molecule has 0 radical (unpaired) electrons. The monoisotopic (exact) mass is 308 g/mol. The van der Waals surface area contributed by atoms with E-state index in [1.165, 1.54) is 24.7 Å². The molecule has 110 valence electrons. The van der Waals surface area contributed by atoms with E-state index in [0.717, 1.165) is 0 Å². The Morgan fingerprint density at radius 2 is 2.24 bits per heavy atom. The molecule has 0 spiro atoms. The molecule has 2 rings (SSSR count). The average Bonchev–Trinajstić information content (AvgIpc) is 2.89. The van der Waals surface area contributed by atoms with Crippen molar-refractivity contribution in [2.24, 2.45) is 0 Å². The van der Waals surface area contributed by atoms with E-state index in [-0.39, 0.29) is 17.1 Å². The number of carboxylic acid groups (broad SMARTS) is 1. The number of pyridine rings is 1. The standard InChI is InChI=1S/C13H13ClN4O3/c1-7-2-8(3-11(14)17-7)12(19)18-10(13(20)21)4-9-5-15-6-16-9/h2-3,5-6,10H,4H2,1H3,(H,15,16)(H,18,19)(H,20,21)/t10-/m0/s1. The molecule has 21 heavy (non-hydrogen) atoms. The number of carboxylic acids is 1. The summed E-state index contributed by atoms with van der Waals surface area (Å²) in [5, 5.41) is 11.8. The molecule has 0 unspecified atom stereocenters. The van der Waals surface area contributed by atoms with Crippen LogP contribution in [0.4, 0.5) is 0 Å². The first-order chi connectivity index (χ1) is 9.95. The molecule has 1 amide bonds. The van der Waals surface area contributed by atoms with Crippen LogP contribution >= 0.6 is 11.6 Å². The molecule has 0 fully saturated rings. The molecule has 0 aliphatic rings. The summed E-state index contributed by atoms with van der Waals surface area (Å²) >= 11 is 5.79. The number of hydrogen-bond donors (Lipinski definition) is 3. The number of aryl methyl sites for hydroxylation is 1. The summed E-state index contributed by atoms with van der Waals surface area (Å²) in [6.45, 7) is 1.70. The number of halogens is 1. The smallest absolute Gasteiger partial charge is 0.326 e. The maximum atomic E-state index is 12.1. The minimum absolute atomic E-state index is 0.110. The van der Waals surface area contributed by atoms with Gasteiger partial charge in [0.15, 0.2) is 0 Å². The van der Waals surface area contributed by atoms with Gasteiger partial charge in [0.25, 0.3) is 5.91 Å². The number of nitrogens with zero attached hydrogens (tertiary/aromatic N) is 2. The van der Waals surface area contributed by atoms with Crippen LogP contribution in [0, 0.1) is 6.92 Å². The topological polar surface area (TPSA) is 108 Å². The van der Waals surface area contributed by atoms with E-state index < -0.39 is 17.9 Å². The SMILES string of the molecule is Cc1cc(C(=O)N[C@@H](Cc2cnc[nH]2)C(=O)O)cc(Cl)n1. The van der Waals surface area contributed by atoms with Crippen molar-refractivity contribution >= 4 is 23.5 Å². The fourth-order valence-electron chi connectivity index (χ4n) is 1.82. The van der Waals surface area contributed by atoms with Gasteiger partial charge in [-0.2, -0.15) is 0 Å². The lowest BCUT2D eigenvalue weighted by Crippen LogP contribution is -2.42. The van der Waals surface area contributed by atoms with Crippen molar-refractivity contribution in [2.75, 3.05) is 0 Å². The van der Waals surface area contributed by atoms with E-state index in [9.17, 15) is 14.7 Å². The molecular weight excluding hydrogens is 296 g/mol. The lowest BCUT2D eigenvalue weighted by molar-refractivity contribution is -0.139. The second kappa shape index (κ2) is 6.36. The Labute approximate surface area is 125 Å². The molecule has 0 aliphatic carbocycles. The van der Waals surface area contributed by atoms with E-state index in [1.807, 2.05) is 0 Å². The molecule has 3 N–H and O–H groups in total. The lowest BCUT2D eigenvalue weighted by atomic mass is 10.1.